The first-order chi connectivity index (χ1) is 9.83. The third-order valence-electron chi connectivity index (χ3n) is 4.53. The molecule has 0 amide bonds. The van der Waals surface area contributed by atoms with E-state index in [4.69, 9.17) is 4.74 Å². The van der Waals surface area contributed by atoms with Crippen LogP contribution in [0, 0.1) is 0 Å². The van der Waals surface area contributed by atoms with Gasteiger partial charge in [-0.15, -0.1) is 0 Å². The van der Waals surface area contributed by atoms with Crippen molar-refractivity contribution in [2.45, 2.75) is 38.2 Å². The SMILES string of the molecule is CC1=CC2(CCN(CCCS(=O)(=O)N(C)C)CC2)OCC1. The summed E-state index contributed by atoms with van der Waals surface area (Å²) in [6, 6.07) is 0. The molecule has 2 aliphatic heterocycles. The molecule has 0 aromatic rings. The molecule has 1 saturated heterocycles. The Balaban J connectivity index is 1.76. The van der Waals surface area contributed by atoms with E-state index in [-0.39, 0.29) is 11.4 Å². The molecule has 0 unspecified atom stereocenters. The predicted molar refractivity (Wildman–Crippen MR) is 84.8 cm³/mol. The fourth-order valence-corrected chi connectivity index (χ4v) is 3.93. The van der Waals surface area contributed by atoms with E-state index in [2.05, 4.69) is 17.9 Å². The molecule has 0 bridgehead atoms. The van der Waals surface area contributed by atoms with Crippen molar-refractivity contribution in [1.82, 2.24) is 9.21 Å². The van der Waals surface area contributed by atoms with Crippen LogP contribution >= 0.6 is 0 Å². The van der Waals surface area contributed by atoms with Gasteiger partial charge in [0.2, 0.25) is 10.0 Å². The van der Waals surface area contributed by atoms with E-state index in [1.54, 1.807) is 14.1 Å². The summed E-state index contributed by atoms with van der Waals surface area (Å²) in [4.78, 5) is 2.36. The van der Waals surface area contributed by atoms with Gasteiger partial charge >= 0.3 is 0 Å². The van der Waals surface area contributed by atoms with Crippen molar-refractivity contribution in [2.24, 2.45) is 0 Å². The van der Waals surface area contributed by atoms with Crippen molar-refractivity contribution in [2.75, 3.05) is 46.1 Å². The zero-order valence-electron chi connectivity index (χ0n) is 13.5. The van der Waals surface area contributed by atoms with Crippen molar-refractivity contribution in [1.29, 1.82) is 0 Å². The maximum atomic E-state index is 11.7. The third kappa shape index (κ3) is 4.52. The van der Waals surface area contributed by atoms with Gasteiger partial charge in [-0.3, -0.25) is 0 Å². The molecule has 0 radical (unpaired) electrons. The van der Waals surface area contributed by atoms with E-state index in [1.165, 1.54) is 9.88 Å². The lowest BCUT2D eigenvalue weighted by Crippen LogP contribution is -2.46. The number of hydrogen-bond acceptors (Lipinski definition) is 4. The summed E-state index contributed by atoms with van der Waals surface area (Å²) in [5, 5.41) is 0. The highest BCUT2D eigenvalue weighted by atomic mass is 32.2. The molecule has 1 fully saturated rings. The first-order valence-electron chi connectivity index (χ1n) is 7.78. The van der Waals surface area contributed by atoms with Gasteiger partial charge in [-0.2, -0.15) is 0 Å². The van der Waals surface area contributed by atoms with E-state index < -0.39 is 10.0 Å². The predicted octanol–water partition coefficient (Wildman–Crippen LogP) is 1.47. The average molecular weight is 316 g/mol. The molecule has 2 rings (SSSR count). The Morgan fingerprint density at radius 2 is 2.00 bits per heavy atom. The van der Waals surface area contributed by atoms with Gasteiger partial charge in [0.1, 0.15) is 0 Å². The zero-order valence-corrected chi connectivity index (χ0v) is 14.3. The Kier molecular flexibility index (Phi) is 5.46. The topological polar surface area (TPSA) is 49.9 Å². The quantitative estimate of drug-likeness (QED) is 0.721. The summed E-state index contributed by atoms with van der Waals surface area (Å²) in [6.07, 6.45) is 6.09. The van der Waals surface area contributed by atoms with Gasteiger partial charge in [0.15, 0.2) is 0 Å². The van der Waals surface area contributed by atoms with Crippen LogP contribution in [0.1, 0.15) is 32.6 Å². The Hall–Kier alpha value is -0.430. The van der Waals surface area contributed by atoms with Crippen molar-refractivity contribution in [3.8, 4) is 0 Å². The number of sulfonamides is 1. The van der Waals surface area contributed by atoms with Crippen LogP contribution in [0.2, 0.25) is 0 Å². The normalized spacial score (nSPS) is 23.5. The van der Waals surface area contributed by atoms with Crippen LogP contribution in [-0.4, -0.2) is 69.3 Å². The van der Waals surface area contributed by atoms with Crippen LogP contribution in [0.3, 0.4) is 0 Å². The van der Waals surface area contributed by atoms with Gasteiger partial charge in [0.25, 0.3) is 0 Å². The van der Waals surface area contributed by atoms with Crippen LogP contribution < -0.4 is 0 Å². The maximum Gasteiger partial charge on any atom is 0.213 e. The average Bonchev–Trinajstić information content (AvgIpc) is 2.41. The zero-order chi connectivity index (χ0) is 15.5. The Morgan fingerprint density at radius 1 is 1.33 bits per heavy atom. The summed E-state index contributed by atoms with van der Waals surface area (Å²) in [5.41, 5.74) is 1.39. The van der Waals surface area contributed by atoms with Crippen molar-refractivity contribution >= 4 is 10.0 Å². The second-order valence-electron chi connectivity index (χ2n) is 6.45. The van der Waals surface area contributed by atoms with Gasteiger partial charge in [-0.05, 0) is 39.2 Å². The summed E-state index contributed by atoms with van der Waals surface area (Å²) in [6.45, 7) is 5.86. The van der Waals surface area contributed by atoms with E-state index in [9.17, 15) is 8.42 Å². The highest BCUT2D eigenvalue weighted by Gasteiger charge is 2.35. The van der Waals surface area contributed by atoms with Crippen molar-refractivity contribution < 1.29 is 13.2 Å². The third-order valence-corrected chi connectivity index (χ3v) is 6.45. The van der Waals surface area contributed by atoms with Gasteiger partial charge in [0, 0.05) is 27.2 Å². The molecule has 0 saturated carbocycles. The lowest BCUT2D eigenvalue weighted by molar-refractivity contribution is -0.0563. The summed E-state index contributed by atoms with van der Waals surface area (Å²) < 4.78 is 30.8. The Bertz CT molecular complexity index is 477. The second kappa shape index (κ2) is 6.77. The van der Waals surface area contributed by atoms with E-state index >= 15 is 0 Å². The lowest BCUT2D eigenvalue weighted by Gasteiger charge is -2.42. The minimum Gasteiger partial charge on any atom is -0.370 e. The molecule has 0 atom stereocenters. The number of rotatable bonds is 5. The van der Waals surface area contributed by atoms with Crippen LogP contribution in [0.15, 0.2) is 11.6 Å². The van der Waals surface area contributed by atoms with Gasteiger partial charge < -0.3 is 9.64 Å². The number of nitrogens with zero attached hydrogens (tertiary/aromatic N) is 2. The smallest absolute Gasteiger partial charge is 0.213 e. The first kappa shape index (κ1) is 16.9. The van der Waals surface area contributed by atoms with Crippen molar-refractivity contribution in [3.63, 3.8) is 0 Å². The second-order valence-corrected chi connectivity index (χ2v) is 8.75. The van der Waals surface area contributed by atoms with Crippen molar-refractivity contribution in [3.05, 3.63) is 11.6 Å². The molecule has 5 nitrogen and oxygen atoms in total. The van der Waals surface area contributed by atoms with E-state index in [1.807, 2.05) is 0 Å². The van der Waals surface area contributed by atoms with Crippen LogP contribution in [0.4, 0.5) is 0 Å². The monoisotopic (exact) mass is 316 g/mol. The van der Waals surface area contributed by atoms with Crippen LogP contribution in [-0.2, 0) is 14.8 Å². The van der Waals surface area contributed by atoms with Crippen LogP contribution in [0.25, 0.3) is 0 Å². The fraction of sp³-hybridized carbons (Fsp3) is 0.867. The highest BCUT2D eigenvalue weighted by molar-refractivity contribution is 7.89. The minimum absolute atomic E-state index is 0.0471. The fourth-order valence-electron chi connectivity index (χ4n) is 3.08. The summed E-state index contributed by atoms with van der Waals surface area (Å²) >= 11 is 0. The molecule has 122 valence electrons. The largest absolute Gasteiger partial charge is 0.370 e. The molecule has 2 aliphatic rings. The molecule has 1 spiro atoms. The molecule has 0 aromatic carbocycles. The number of hydrogen-bond donors (Lipinski definition) is 0. The minimum atomic E-state index is -3.06. The van der Waals surface area contributed by atoms with Gasteiger partial charge in [0.05, 0.1) is 18.0 Å². The van der Waals surface area contributed by atoms with Gasteiger partial charge in [-0.1, -0.05) is 11.6 Å². The summed E-state index contributed by atoms with van der Waals surface area (Å²) in [5.74, 6) is 0.233. The molecular formula is C15H28N2O3S. The number of ether oxygens (including phenoxy) is 1. The maximum absolute atomic E-state index is 11.7. The van der Waals surface area contributed by atoms with E-state index in [0.29, 0.717) is 6.42 Å². The highest BCUT2D eigenvalue weighted by Crippen LogP contribution is 2.32. The molecule has 21 heavy (non-hydrogen) atoms. The molecule has 2 heterocycles. The molecule has 0 aliphatic carbocycles. The van der Waals surface area contributed by atoms with Gasteiger partial charge in [-0.25, -0.2) is 12.7 Å². The van der Waals surface area contributed by atoms with Crippen LogP contribution in [0.5, 0.6) is 0 Å². The first-order valence-corrected chi connectivity index (χ1v) is 9.39. The summed E-state index contributed by atoms with van der Waals surface area (Å²) in [7, 11) is 0.124. The molecule has 0 aromatic heterocycles. The standard InChI is InChI=1S/C15H28N2O3S/c1-14-5-11-20-15(13-14)6-9-17(10-7-15)8-4-12-21(18,19)16(2)3/h13H,4-12H2,1-3H3. The molecule has 0 N–H and O–H groups in total. The van der Waals surface area contributed by atoms with E-state index in [0.717, 1.165) is 45.5 Å². The molecular weight excluding hydrogens is 288 g/mol. The molecule has 6 heteroatoms. The Morgan fingerprint density at radius 3 is 2.57 bits per heavy atom. The number of piperidine rings is 1. The lowest BCUT2D eigenvalue weighted by atomic mass is 9.87. The number of likely N-dealkylation sites (tertiary alicyclic amines) is 1. The Labute approximate surface area is 129 Å².